The zero-order chi connectivity index (χ0) is 23.0. The molecule has 0 radical (unpaired) electrons. The van der Waals surface area contributed by atoms with Crippen LogP contribution in [0.15, 0.2) is 53.5 Å². The second-order valence-electron chi connectivity index (χ2n) is 7.38. The molecular formula is C23H23N5O4. The lowest BCUT2D eigenvalue weighted by molar-refractivity contribution is 0.0525. The molecule has 0 spiro atoms. The quantitative estimate of drug-likeness (QED) is 0.488. The summed E-state index contributed by atoms with van der Waals surface area (Å²) in [4.78, 5) is 36.8. The Labute approximate surface area is 183 Å². The summed E-state index contributed by atoms with van der Waals surface area (Å²) in [5.74, 6) is -0.693. The number of carbonyl (C=O) groups is 2. The second kappa shape index (κ2) is 8.18. The van der Waals surface area contributed by atoms with Crippen LogP contribution >= 0.6 is 0 Å². The SMILES string of the molecule is CCOC(=O)c1cnn(-c2ccc(C(=O)Nc3ccc4c(c3)n(C)c(=O)n4C)cc2)c1C. The summed E-state index contributed by atoms with van der Waals surface area (Å²) in [6.45, 7) is 3.83. The lowest BCUT2D eigenvalue weighted by Crippen LogP contribution is -2.19. The highest BCUT2D eigenvalue weighted by atomic mass is 16.5. The molecule has 0 fully saturated rings. The molecule has 0 aliphatic carbocycles. The number of fused-ring (bicyclic) bond motifs is 1. The predicted octanol–water partition coefficient (Wildman–Crippen LogP) is 2.80. The van der Waals surface area contributed by atoms with Crippen molar-refractivity contribution in [1.29, 1.82) is 0 Å². The van der Waals surface area contributed by atoms with Crippen LogP contribution in [0.5, 0.6) is 0 Å². The summed E-state index contributed by atoms with van der Waals surface area (Å²) in [5, 5.41) is 7.13. The number of hydrogen-bond acceptors (Lipinski definition) is 5. The smallest absolute Gasteiger partial charge is 0.341 e. The first-order chi connectivity index (χ1) is 15.3. The molecule has 9 heteroatoms. The van der Waals surface area contributed by atoms with Gasteiger partial charge in [-0.3, -0.25) is 13.9 Å². The van der Waals surface area contributed by atoms with Gasteiger partial charge >= 0.3 is 11.7 Å². The van der Waals surface area contributed by atoms with Crippen LogP contribution in [0.2, 0.25) is 0 Å². The molecule has 32 heavy (non-hydrogen) atoms. The number of nitrogens with one attached hydrogen (secondary N) is 1. The number of hydrogen-bond donors (Lipinski definition) is 1. The summed E-state index contributed by atoms with van der Waals surface area (Å²) >= 11 is 0. The van der Waals surface area contributed by atoms with Crippen molar-refractivity contribution < 1.29 is 14.3 Å². The van der Waals surface area contributed by atoms with Gasteiger partial charge in [0.15, 0.2) is 0 Å². The number of aromatic nitrogens is 4. The fourth-order valence-electron chi connectivity index (χ4n) is 3.62. The minimum Gasteiger partial charge on any atom is -0.462 e. The predicted molar refractivity (Wildman–Crippen MR) is 120 cm³/mol. The summed E-state index contributed by atoms with van der Waals surface area (Å²) in [5.41, 5.74) is 4.23. The van der Waals surface area contributed by atoms with E-state index < -0.39 is 5.97 Å². The average Bonchev–Trinajstić information content (AvgIpc) is 3.27. The number of imidazole rings is 1. The highest BCUT2D eigenvalue weighted by Crippen LogP contribution is 2.20. The molecule has 0 aliphatic heterocycles. The molecule has 9 nitrogen and oxygen atoms in total. The van der Waals surface area contributed by atoms with Gasteiger partial charge in [-0.05, 0) is 56.3 Å². The van der Waals surface area contributed by atoms with Crippen LogP contribution in [-0.2, 0) is 18.8 Å². The van der Waals surface area contributed by atoms with Crippen molar-refractivity contribution in [2.75, 3.05) is 11.9 Å². The number of esters is 1. The Kier molecular flexibility index (Phi) is 5.40. The number of ether oxygens (including phenoxy) is 1. The molecule has 0 aliphatic rings. The van der Waals surface area contributed by atoms with Gasteiger partial charge in [0, 0.05) is 25.3 Å². The minimum atomic E-state index is -0.417. The van der Waals surface area contributed by atoms with Crippen molar-refractivity contribution in [3.05, 3.63) is 76.0 Å². The second-order valence-corrected chi connectivity index (χ2v) is 7.38. The molecule has 0 bridgehead atoms. The van der Waals surface area contributed by atoms with Crippen LogP contribution in [-0.4, -0.2) is 37.4 Å². The molecule has 2 aromatic carbocycles. The molecule has 4 rings (SSSR count). The van der Waals surface area contributed by atoms with Crippen molar-refractivity contribution in [2.24, 2.45) is 14.1 Å². The van der Waals surface area contributed by atoms with Gasteiger partial charge in [0.2, 0.25) is 0 Å². The fraction of sp³-hybridized carbons (Fsp3) is 0.217. The van der Waals surface area contributed by atoms with Gasteiger partial charge < -0.3 is 10.1 Å². The molecule has 1 N–H and O–H groups in total. The fourth-order valence-corrected chi connectivity index (χ4v) is 3.62. The summed E-state index contributed by atoms with van der Waals surface area (Å²) in [6, 6.07) is 12.2. The number of amides is 1. The van der Waals surface area contributed by atoms with Crippen molar-refractivity contribution in [2.45, 2.75) is 13.8 Å². The number of rotatable bonds is 5. The Morgan fingerprint density at radius 2 is 1.72 bits per heavy atom. The summed E-state index contributed by atoms with van der Waals surface area (Å²) in [7, 11) is 3.40. The number of aryl methyl sites for hydroxylation is 2. The molecule has 2 aromatic heterocycles. The highest BCUT2D eigenvalue weighted by Gasteiger charge is 2.16. The lowest BCUT2D eigenvalue weighted by atomic mass is 10.1. The van der Waals surface area contributed by atoms with Gasteiger partial charge in [-0.15, -0.1) is 0 Å². The van der Waals surface area contributed by atoms with Crippen molar-refractivity contribution in [3.8, 4) is 5.69 Å². The van der Waals surface area contributed by atoms with Crippen LogP contribution < -0.4 is 11.0 Å². The van der Waals surface area contributed by atoms with E-state index in [1.54, 1.807) is 79.7 Å². The third-order valence-corrected chi connectivity index (χ3v) is 5.41. The van der Waals surface area contributed by atoms with Crippen LogP contribution in [0.25, 0.3) is 16.7 Å². The van der Waals surface area contributed by atoms with Gasteiger partial charge in [0.05, 0.1) is 35.2 Å². The molecule has 0 atom stereocenters. The van der Waals surface area contributed by atoms with E-state index in [1.165, 1.54) is 10.8 Å². The monoisotopic (exact) mass is 433 g/mol. The van der Waals surface area contributed by atoms with Crippen molar-refractivity contribution >= 4 is 28.6 Å². The Hall–Kier alpha value is -4.14. The van der Waals surface area contributed by atoms with Crippen LogP contribution in [0.4, 0.5) is 5.69 Å². The first-order valence-corrected chi connectivity index (χ1v) is 10.1. The summed E-state index contributed by atoms with van der Waals surface area (Å²) in [6.07, 6.45) is 1.47. The Bertz CT molecular complexity index is 1390. The normalized spacial score (nSPS) is 11.0. The number of benzene rings is 2. The lowest BCUT2D eigenvalue weighted by Gasteiger charge is -2.08. The molecule has 0 saturated heterocycles. The maximum atomic E-state index is 12.7. The first kappa shape index (κ1) is 21.1. The molecule has 4 aromatic rings. The van der Waals surface area contributed by atoms with E-state index >= 15 is 0 Å². The first-order valence-electron chi connectivity index (χ1n) is 10.1. The molecule has 1 amide bonds. The van der Waals surface area contributed by atoms with E-state index in [0.717, 1.165) is 16.7 Å². The third-order valence-electron chi connectivity index (χ3n) is 5.41. The standard InChI is InChI=1S/C23H23N5O4/c1-5-32-22(30)18-13-24-28(14(18)2)17-9-6-15(7-10-17)21(29)25-16-8-11-19-20(12-16)27(4)23(31)26(19)3/h6-13H,5H2,1-4H3,(H,25,29). The van der Waals surface area contributed by atoms with Gasteiger partial charge in [0.25, 0.3) is 5.91 Å². The average molecular weight is 433 g/mol. The molecule has 164 valence electrons. The maximum Gasteiger partial charge on any atom is 0.341 e. The van der Waals surface area contributed by atoms with E-state index in [9.17, 15) is 14.4 Å². The number of nitrogens with zero attached hydrogens (tertiary/aromatic N) is 4. The molecule has 0 saturated carbocycles. The third kappa shape index (κ3) is 3.58. The van der Waals surface area contributed by atoms with Gasteiger partial charge in [-0.1, -0.05) is 0 Å². The zero-order valence-electron chi connectivity index (χ0n) is 18.2. The van der Waals surface area contributed by atoms with E-state index in [0.29, 0.717) is 29.1 Å². The maximum absolute atomic E-state index is 12.7. The van der Waals surface area contributed by atoms with Gasteiger partial charge in [-0.2, -0.15) is 5.10 Å². The minimum absolute atomic E-state index is 0.126. The molecular weight excluding hydrogens is 410 g/mol. The molecule has 0 unspecified atom stereocenters. The van der Waals surface area contributed by atoms with E-state index in [1.807, 2.05) is 0 Å². The van der Waals surface area contributed by atoms with Gasteiger partial charge in [-0.25, -0.2) is 14.3 Å². The van der Waals surface area contributed by atoms with Gasteiger partial charge in [0.1, 0.15) is 5.56 Å². The van der Waals surface area contributed by atoms with Crippen molar-refractivity contribution in [3.63, 3.8) is 0 Å². The van der Waals surface area contributed by atoms with Crippen molar-refractivity contribution in [1.82, 2.24) is 18.9 Å². The van der Waals surface area contributed by atoms with E-state index in [-0.39, 0.29) is 11.6 Å². The summed E-state index contributed by atoms with van der Waals surface area (Å²) < 4.78 is 9.76. The number of carbonyl (C=O) groups excluding carboxylic acids is 2. The Balaban J connectivity index is 1.54. The van der Waals surface area contributed by atoms with Crippen LogP contribution in [0, 0.1) is 6.92 Å². The topological polar surface area (TPSA) is 100 Å². The van der Waals surface area contributed by atoms with E-state index in [4.69, 9.17) is 4.74 Å². The number of anilines is 1. The zero-order valence-corrected chi connectivity index (χ0v) is 18.2. The largest absolute Gasteiger partial charge is 0.462 e. The Morgan fingerprint density at radius 1 is 1.03 bits per heavy atom. The molecule has 2 heterocycles. The van der Waals surface area contributed by atoms with Crippen LogP contribution in [0.3, 0.4) is 0 Å². The highest BCUT2D eigenvalue weighted by molar-refractivity contribution is 6.05. The van der Waals surface area contributed by atoms with E-state index in [2.05, 4.69) is 10.4 Å². The Morgan fingerprint density at radius 3 is 2.41 bits per heavy atom. The van der Waals surface area contributed by atoms with Crippen LogP contribution in [0.1, 0.15) is 33.3 Å².